The van der Waals surface area contributed by atoms with Crippen LogP contribution in [-0.4, -0.2) is 11.9 Å². The number of Topliss-reactive ketones (excluding diaryl/α,β-unsaturated/α-hetero) is 1. The number of halogens is 2. The van der Waals surface area contributed by atoms with Crippen LogP contribution in [0.3, 0.4) is 0 Å². The van der Waals surface area contributed by atoms with Gasteiger partial charge in [-0.25, -0.2) is 13.6 Å². The minimum absolute atomic E-state index is 0.00880. The summed E-state index contributed by atoms with van der Waals surface area (Å²) in [6.07, 6.45) is -0.497. The molecule has 0 aliphatic heterocycles. The van der Waals surface area contributed by atoms with E-state index < -0.39 is 23.6 Å². The van der Waals surface area contributed by atoms with Crippen LogP contribution in [0.1, 0.15) is 29.9 Å². The second-order valence-corrected chi connectivity index (χ2v) is 5.68. The number of nitrogens with one attached hydrogen (secondary N) is 1. The number of rotatable bonds is 4. The highest BCUT2D eigenvalue weighted by atomic mass is 19.1. The molecule has 1 N–H and O–H groups in total. The number of hydrogen-bond acceptors (Lipinski definition) is 3. The van der Waals surface area contributed by atoms with Gasteiger partial charge in [-0.15, -0.1) is 0 Å². The first kappa shape index (κ1) is 16.1. The van der Waals surface area contributed by atoms with E-state index in [9.17, 15) is 18.4 Å². The van der Waals surface area contributed by atoms with Gasteiger partial charge in [-0.3, -0.25) is 10.1 Å². The van der Waals surface area contributed by atoms with Crippen LogP contribution in [0.25, 0.3) is 0 Å². The number of carbonyl (C=O) groups excluding carboxylic acids is 2. The van der Waals surface area contributed by atoms with E-state index >= 15 is 0 Å². The van der Waals surface area contributed by atoms with Crippen LogP contribution >= 0.6 is 0 Å². The molecule has 1 fully saturated rings. The Bertz CT molecular complexity index is 746. The van der Waals surface area contributed by atoms with Crippen molar-refractivity contribution in [2.24, 2.45) is 0 Å². The molecule has 1 saturated carbocycles. The molecule has 0 heterocycles. The molecule has 4 nitrogen and oxygen atoms in total. The first-order valence-electron chi connectivity index (χ1n) is 7.51. The lowest BCUT2D eigenvalue weighted by atomic mass is 9.78. The van der Waals surface area contributed by atoms with Crippen LogP contribution in [0.5, 0.6) is 0 Å². The van der Waals surface area contributed by atoms with Crippen molar-refractivity contribution in [1.29, 1.82) is 0 Å². The molecule has 0 bridgehead atoms. The van der Waals surface area contributed by atoms with Crippen LogP contribution in [0.15, 0.2) is 42.5 Å². The van der Waals surface area contributed by atoms with Crippen LogP contribution in [0.4, 0.5) is 19.3 Å². The van der Waals surface area contributed by atoms with Crippen molar-refractivity contribution < 1.29 is 23.1 Å². The number of hydrogen-bond donors (Lipinski definition) is 1. The van der Waals surface area contributed by atoms with Gasteiger partial charge in [0.1, 0.15) is 24.0 Å². The summed E-state index contributed by atoms with van der Waals surface area (Å²) in [5.41, 5.74) is 0.672. The maximum Gasteiger partial charge on any atom is 0.411 e. The zero-order valence-corrected chi connectivity index (χ0v) is 12.7. The van der Waals surface area contributed by atoms with E-state index in [0.717, 1.165) is 17.7 Å². The molecule has 3 rings (SSSR count). The molecular formula is C18H15F2NO3. The minimum Gasteiger partial charge on any atom is -0.444 e. The monoisotopic (exact) mass is 331 g/mol. The Kier molecular flexibility index (Phi) is 4.55. The van der Waals surface area contributed by atoms with Gasteiger partial charge >= 0.3 is 6.09 Å². The van der Waals surface area contributed by atoms with Crippen LogP contribution in [0, 0.1) is 11.6 Å². The molecule has 6 heteroatoms. The van der Waals surface area contributed by atoms with E-state index in [0.29, 0.717) is 0 Å². The highest BCUT2D eigenvalue weighted by Gasteiger charge is 2.32. The van der Waals surface area contributed by atoms with Crippen LogP contribution < -0.4 is 5.32 Å². The van der Waals surface area contributed by atoms with Crippen molar-refractivity contribution in [3.63, 3.8) is 0 Å². The van der Waals surface area contributed by atoms with Crippen molar-refractivity contribution in [2.75, 3.05) is 5.32 Å². The molecule has 1 aliphatic rings. The van der Waals surface area contributed by atoms with Crippen molar-refractivity contribution in [3.8, 4) is 0 Å². The van der Waals surface area contributed by atoms with Gasteiger partial charge in [0.2, 0.25) is 0 Å². The zero-order valence-electron chi connectivity index (χ0n) is 12.7. The molecular weight excluding hydrogens is 316 g/mol. The van der Waals surface area contributed by atoms with Gasteiger partial charge in [-0.1, -0.05) is 30.3 Å². The Morgan fingerprint density at radius 3 is 2.33 bits per heavy atom. The Labute approximate surface area is 137 Å². The summed E-state index contributed by atoms with van der Waals surface area (Å²) in [5.74, 6) is -1.97. The average molecular weight is 331 g/mol. The van der Waals surface area contributed by atoms with Crippen molar-refractivity contribution in [3.05, 3.63) is 65.2 Å². The Hall–Kier alpha value is -2.76. The smallest absolute Gasteiger partial charge is 0.411 e. The number of carbonyl (C=O) groups is 2. The Balaban J connectivity index is 1.62. The van der Waals surface area contributed by atoms with Crippen molar-refractivity contribution >= 4 is 17.6 Å². The molecule has 1 aliphatic carbocycles. The zero-order chi connectivity index (χ0) is 17.1. The van der Waals surface area contributed by atoms with Gasteiger partial charge in [0, 0.05) is 30.0 Å². The lowest BCUT2D eigenvalue weighted by Crippen LogP contribution is -2.23. The molecule has 0 saturated heterocycles. The van der Waals surface area contributed by atoms with E-state index in [4.69, 9.17) is 4.74 Å². The Morgan fingerprint density at radius 1 is 1.12 bits per heavy atom. The summed E-state index contributed by atoms with van der Waals surface area (Å²) in [4.78, 5) is 22.7. The SMILES string of the molecule is O=C1CC(c2c(F)cc(NC(=O)OCc3ccccc3)cc2F)C1. The summed E-state index contributed by atoms with van der Waals surface area (Å²) >= 11 is 0. The van der Waals surface area contributed by atoms with Gasteiger partial charge in [0.15, 0.2) is 0 Å². The van der Waals surface area contributed by atoms with Crippen molar-refractivity contribution in [2.45, 2.75) is 25.4 Å². The van der Waals surface area contributed by atoms with Crippen LogP contribution in [-0.2, 0) is 16.1 Å². The van der Waals surface area contributed by atoms with Gasteiger partial charge in [-0.2, -0.15) is 0 Å². The Morgan fingerprint density at radius 2 is 1.75 bits per heavy atom. The third-order valence-corrected chi connectivity index (χ3v) is 3.89. The quantitative estimate of drug-likeness (QED) is 0.915. The lowest BCUT2D eigenvalue weighted by molar-refractivity contribution is -0.124. The molecule has 1 amide bonds. The van der Waals surface area contributed by atoms with E-state index in [1.807, 2.05) is 18.2 Å². The average Bonchev–Trinajstić information content (AvgIpc) is 2.51. The first-order chi connectivity index (χ1) is 11.5. The third-order valence-electron chi connectivity index (χ3n) is 3.89. The van der Waals surface area contributed by atoms with E-state index in [2.05, 4.69) is 5.32 Å². The highest BCUT2D eigenvalue weighted by molar-refractivity contribution is 5.87. The van der Waals surface area contributed by atoms with Crippen molar-refractivity contribution in [1.82, 2.24) is 0 Å². The summed E-state index contributed by atoms with van der Waals surface area (Å²) in [6.45, 7) is 0.0555. The number of amides is 1. The van der Waals surface area contributed by atoms with Gasteiger partial charge < -0.3 is 4.74 Å². The molecule has 24 heavy (non-hydrogen) atoms. The summed E-state index contributed by atoms with van der Waals surface area (Å²) in [5, 5.41) is 2.30. The predicted octanol–water partition coefficient (Wildman–Crippen LogP) is 4.16. The summed E-state index contributed by atoms with van der Waals surface area (Å²) in [7, 11) is 0. The minimum atomic E-state index is -0.802. The highest BCUT2D eigenvalue weighted by Crippen LogP contribution is 2.37. The number of benzene rings is 2. The summed E-state index contributed by atoms with van der Waals surface area (Å²) in [6, 6.07) is 11.1. The molecule has 0 aromatic heterocycles. The number of anilines is 1. The third kappa shape index (κ3) is 3.59. The fourth-order valence-electron chi connectivity index (χ4n) is 2.62. The molecule has 0 unspecified atom stereocenters. The predicted molar refractivity (Wildman–Crippen MR) is 83.6 cm³/mol. The first-order valence-corrected chi connectivity index (χ1v) is 7.51. The molecule has 0 spiro atoms. The largest absolute Gasteiger partial charge is 0.444 e. The molecule has 2 aromatic rings. The van der Waals surface area contributed by atoms with Gasteiger partial charge in [0.25, 0.3) is 0 Å². The lowest BCUT2D eigenvalue weighted by Gasteiger charge is -2.25. The second-order valence-electron chi connectivity index (χ2n) is 5.68. The van der Waals surface area contributed by atoms with E-state index in [-0.39, 0.29) is 36.5 Å². The maximum atomic E-state index is 14.1. The van der Waals surface area contributed by atoms with Crippen LogP contribution in [0.2, 0.25) is 0 Å². The van der Waals surface area contributed by atoms with E-state index in [1.54, 1.807) is 12.1 Å². The fraction of sp³-hybridized carbons (Fsp3) is 0.222. The number of ether oxygens (including phenoxy) is 1. The second kappa shape index (κ2) is 6.78. The standard InChI is InChI=1S/C18H15F2NO3/c19-15-8-13(9-16(20)17(15)12-6-14(22)7-12)21-18(23)24-10-11-4-2-1-3-5-11/h1-5,8-9,12H,6-7,10H2,(H,21,23). The fourth-order valence-corrected chi connectivity index (χ4v) is 2.62. The number of ketones is 1. The molecule has 2 aromatic carbocycles. The molecule has 0 radical (unpaired) electrons. The molecule has 124 valence electrons. The van der Waals surface area contributed by atoms with Gasteiger partial charge in [0.05, 0.1) is 0 Å². The normalized spacial score (nSPS) is 14.2. The molecule has 0 atom stereocenters. The van der Waals surface area contributed by atoms with Gasteiger partial charge in [-0.05, 0) is 17.7 Å². The summed E-state index contributed by atoms with van der Waals surface area (Å²) < 4.78 is 33.1. The van der Waals surface area contributed by atoms with E-state index in [1.165, 1.54) is 0 Å². The topological polar surface area (TPSA) is 55.4 Å². The maximum absolute atomic E-state index is 14.1.